The lowest BCUT2D eigenvalue weighted by Gasteiger charge is -2.41. The largest absolute Gasteiger partial charge is 0.573 e. The van der Waals surface area contributed by atoms with Gasteiger partial charge in [-0.25, -0.2) is 14.8 Å². The molecule has 0 aliphatic carbocycles. The number of alkyl halides is 3. The van der Waals surface area contributed by atoms with Crippen LogP contribution in [0.15, 0.2) is 36.8 Å². The molecule has 12 heteroatoms. The predicted octanol–water partition coefficient (Wildman–Crippen LogP) is 5.36. The summed E-state index contributed by atoms with van der Waals surface area (Å²) in [5.41, 5.74) is 1.44. The van der Waals surface area contributed by atoms with Gasteiger partial charge in [0, 0.05) is 51.0 Å². The van der Waals surface area contributed by atoms with Gasteiger partial charge in [-0.3, -0.25) is 4.57 Å². The summed E-state index contributed by atoms with van der Waals surface area (Å²) < 4.78 is 50.2. The van der Waals surface area contributed by atoms with Crippen molar-refractivity contribution in [3.05, 3.63) is 36.8 Å². The highest BCUT2D eigenvalue weighted by molar-refractivity contribution is 6.00. The first kappa shape index (κ1) is 26.9. The van der Waals surface area contributed by atoms with E-state index in [1.807, 2.05) is 33.9 Å². The molecule has 2 saturated heterocycles. The van der Waals surface area contributed by atoms with Gasteiger partial charge in [-0.05, 0) is 52.7 Å². The molecule has 210 valence electrons. The van der Waals surface area contributed by atoms with E-state index in [2.05, 4.69) is 24.5 Å². The van der Waals surface area contributed by atoms with E-state index in [1.54, 1.807) is 15.5 Å². The van der Waals surface area contributed by atoms with Crippen LogP contribution < -0.4 is 14.5 Å². The molecule has 39 heavy (non-hydrogen) atoms. The molecule has 1 aromatic carbocycles. The SMILES string of the molecule is C[C@@H]1CN(c2ncnc3c2c(N2CCCC2)cn3-c2cccc(OC(F)(F)F)c2)CCN1C(=O)OC(C)(C)C. The van der Waals surface area contributed by atoms with E-state index >= 15 is 0 Å². The van der Waals surface area contributed by atoms with Gasteiger partial charge in [-0.1, -0.05) is 6.07 Å². The summed E-state index contributed by atoms with van der Waals surface area (Å²) in [6, 6.07) is 5.75. The Kier molecular flexibility index (Phi) is 6.98. The van der Waals surface area contributed by atoms with Crippen molar-refractivity contribution < 1.29 is 27.4 Å². The molecule has 2 aliphatic heterocycles. The van der Waals surface area contributed by atoms with Gasteiger partial charge in [0.05, 0.1) is 16.8 Å². The zero-order valence-corrected chi connectivity index (χ0v) is 22.5. The first-order valence-electron chi connectivity index (χ1n) is 13.1. The second kappa shape index (κ2) is 10.1. The molecule has 2 fully saturated rings. The van der Waals surface area contributed by atoms with Gasteiger partial charge in [-0.15, -0.1) is 13.2 Å². The third-order valence-corrected chi connectivity index (χ3v) is 6.87. The van der Waals surface area contributed by atoms with E-state index in [0.29, 0.717) is 31.0 Å². The molecule has 0 spiro atoms. The minimum Gasteiger partial charge on any atom is -0.444 e. The fourth-order valence-corrected chi connectivity index (χ4v) is 5.23. The van der Waals surface area contributed by atoms with E-state index in [0.717, 1.165) is 42.8 Å². The lowest BCUT2D eigenvalue weighted by molar-refractivity contribution is -0.274. The van der Waals surface area contributed by atoms with Gasteiger partial charge in [0.2, 0.25) is 0 Å². The average Bonchev–Trinajstić information content (AvgIpc) is 3.50. The summed E-state index contributed by atoms with van der Waals surface area (Å²) in [6.45, 7) is 10.8. The molecule has 0 N–H and O–H groups in total. The number of carbonyl (C=O) groups excluding carboxylic acids is 1. The Labute approximate surface area is 225 Å². The maximum Gasteiger partial charge on any atom is 0.573 e. The second-order valence-electron chi connectivity index (χ2n) is 11.0. The molecule has 4 heterocycles. The smallest absolute Gasteiger partial charge is 0.444 e. The quantitative estimate of drug-likeness (QED) is 0.436. The highest BCUT2D eigenvalue weighted by Gasteiger charge is 2.34. The molecule has 3 aromatic rings. The predicted molar refractivity (Wildman–Crippen MR) is 142 cm³/mol. The summed E-state index contributed by atoms with van der Waals surface area (Å²) in [6.07, 6.45) is 0.370. The highest BCUT2D eigenvalue weighted by atomic mass is 19.4. The van der Waals surface area contributed by atoms with Gasteiger partial charge in [0.1, 0.15) is 23.5 Å². The Hall–Kier alpha value is -3.70. The van der Waals surface area contributed by atoms with E-state index in [4.69, 9.17) is 4.74 Å². The zero-order chi connectivity index (χ0) is 27.9. The molecule has 2 aromatic heterocycles. The van der Waals surface area contributed by atoms with Crippen molar-refractivity contribution in [1.82, 2.24) is 19.4 Å². The van der Waals surface area contributed by atoms with E-state index in [9.17, 15) is 18.0 Å². The number of piperazine rings is 1. The number of aromatic nitrogens is 3. The number of fused-ring (bicyclic) bond motifs is 1. The molecule has 0 saturated carbocycles. The molecule has 5 rings (SSSR count). The lowest BCUT2D eigenvalue weighted by Crippen LogP contribution is -2.55. The van der Waals surface area contributed by atoms with Crippen LogP contribution in [0, 0.1) is 0 Å². The van der Waals surface area contributed by atoms with Gasteiger partial charge < -0.3 is 24.2 Å². The van der Waals surface area contributed by atoms with Crippen LogP contribution >= 0.6 is 0 Å². The Bertz CT molecular complexity index is 1350. The maximum atomic E-state index is 12.9. The summed E-state index contributed by atoms with van der Waals surface area (Å²) in [7, 11) is 0. The zero-order valence-electron chi connectivity index (χ0n) is 22.5. The standard InChI is InChI=1S/C27H33F3N6O3/c1-18-15-34(12-13-35(18)25(37)39-26(2,3)4)23-22-21(33-10-5-6-11-33)16-36(24(22)32-17-31-23)19-8-7-9-20(14-19)38-27(28,29)30/h7-9,14,16-18H,5-6,10-13,15H2,1-4H3/t18-/m1/s1. The number of halogens is 3. The van der Waals surface area contributed by atoms with Crippen LogP contribution in [0.25, 0.3) is 16.7 Å². The Morgan fingerprint density at radius 2 is 1.77 bits per heavy atom. The number of nitrogens with zero attached hydrogens (tertiary/aromatic N) is 6. The maximum absolute atomic E-state index is 12.9. The average molecular weight is 547 g/mol. The van der Waals surface area contributed by atoms with Crippen molar-refractivity contribution in [2.45, 2.75) is 58.5 Å². The van der Waals surface area contributed by atoms with Crippen LogP contribution in [0.1, 0.15) is 40.5 Å². The number of hydrogen-bond acceptors (Lipinski definition) is 7. The summed E-state index contributed by atoms with van der Waals surface area (Å²) in [4.78, 5) is 28.1. The van der Waals surface area contributed by atoms with Crippen LogP contribution in [0.5, 0.6) is 5.75 Å². The highest BCUT2D eigenvalue weighted by Crippen LogP contribution is 2.39. The van der Waals surface area contributed by atoms with Gasteiger partial charge in [0.25, 0.3) is 0 Å². The second-order valence-corrected chi connectivity index (χ2v) is 11.0. The van der Waals surface area contributed by atoms with Crippen LogP contribution in [0.4, 0.5) is 29.5 Å². The van der Waals surface area contributed by atoms with Gasteiger partial charge in [0.15, 0.2) is 5.65 Å². The summed E-state index contributed by atoms with van der Waals surface area (Å²) in [5.74, 6) is 0.435. The first-order valence-corrected chi connectivity index (χ1v) is 13.1. The minimum absolute atomic E-state index is 0.118. The molecule has 1 atom stereocenters. The van der Waals surface area contributed by atoms with Crippen LogP contribution in [-0.2, 0) is 4.74 Å². The van der Waals surface area contributed by atoms with E-state index in [1.165, 1.54) is 24.5 Å². The number of ether oxygens (including phenoxy) is 2. The Balaban J connectivity index is 1.52. The fraction of sp³-hybridized carbons (Fsp3) is 0.519. The van der Waals surface area contributed by atoms with Crippen LogP contribution in [0.3, 0.4) is 0 Å². The third-order valence-electron chi connectivity index (χ3n) is 6.87. The molecule has 1 amide bonds. The Morgan fingerprint density at radius 1 is 1.03 bits per heavy atom. The molecule has 0 unspecified atom stereocenters. The minimum atomic E-state index is -4.79. The number of rotatable bonds is 4. The third kappa shape index (κ3) is 5.84. The van der Waals surface area contributed by atoms with Crippen molar-refractivity contribution in [3.63, 3.8) is 0 Å². The number of anilines is 2. The van der Waals surface area contributed by atoms with Crippen molar-refractivity contribution in [2.24, 2.45) is 0 Å². The van der Waals surface area contributed by atoms with Gasteiger partial charge in [-0.2, -0.15) is 0 Å². The monoisotopic (exact) mass is 546 g/mol. The fourth-order valence-electron chi connectivity index (χ4n) is 5.23. The summed E-state index contributed by atoms with van der Waals surface area (Å²) >= 11 is 0. The molecule has 2 aliphatic rings. The van der Waals surface area contributed by atoms with Crippen molar-refractivity contribution in [3.8, 4) is 11.4 Å². The molecule has 0 radical (unpaired) electrons. The Morgan fingerprint density at radius 3 is 2.44 bits per heavy atom. The van der Waals surface area contributed by atoms with Gasteiger partial charge >= 0.3 is 12.5 Å². The normalized spacial score (nSPS) is 18.6. The topological polar surface area (TPSA) is 76.0 Å². The van der Waals surface area contributed by atoms with Crippen molar-refractivity contribution in [1.29, 1.82) is 0 Å². The number of hydrogen-bond donors (Lipinski definition) is 0. The molecule has 0 bridgehead atoms. The van der Waals surface area contributed by atoms with Crippen molar-refractivity contribution in [2.75, 3.05) is 42.5 Å². The lowest BCUT2D eigenvalue weighted by atomic mass is 10.1. The van der Waals surface area contributed by atoms with Crippen LogP contribution in [-0.4, -0.2) is 76.3 Å². The molecular formula is C27H33F3N6O3. The van der Waals surface area contributed by atoms with Crippen molar-refractivity contribution >= 4 is 28.6 Å². The summed E-state index contributed by atoms with van der Waals surface area (Å²) in [5, 5.41) is 0.833. The number of carbonyl (C=O) groups is 1. The van der Waals surface area contributed by atoms with E-state index in [-0.39, 0.29) is 17.9 Å². The number of benzene rings is 1. The van der Waals surface area contributed by atoms with Crippen LogP contribution in [0.2, 0.25) is 0 Å². The van der Waals surface area contributed by atoms with E-state index < -0.39 is 12.0 Å². The molecular weight excluding hydrogens is 513 g/mol. The number of amides is 1. The molecule has 9 nitrogen and oxygen atoms in total. The first-order chi connectivity index (χ1) is 18.4.